The normalized spacial score (nSPS) is 10.7. The second-order valence-corrected chi connectivity index (χ2v) is 6.90. The van der Waals surface area contributed by atoms with Crippen LogP contribution in [-0.2, 0) is 19.4 Å². The summed E-state index contributed by atoms with van der Waals surface area (Å²) in [6.07, 6.45) is 3.76. The molecule has 0 bridgehead atoms. The molecule has 1 amide bonds. The first kappa shape index (κ1) is 17.9. The van der Waals surface area contributed by atoms with Crippen LogP contribution in [-0.4, -0.2) is 10.9 Å². The van der Waals surface area contributed by atoms with E-state index in [2.05, 4.69) is 58.8 Å². The van der Waals surface area contributed by atoms with Crippen LogP contribution in [0.4, 0.5) is 0 Å². The van der Waals surface area contributed by atoms with E-state index in [0.717, 1.165) is 29.3 Å². The Bertz CT molecular complexity index is 1090. The molecule has 0 spiro atoms. The van der Waals surface area contributed by atoms with Gasteiger partial charge in [-0.25, -0.2) is 0 Å². The molecule has 1 aromatic heterocycles. The van der Waals surface area contributed by atoms with Crippen LogP contribution >= 0.6 is 0 Å². The molecule has 3 nitrogen and oxygen atoms in total. The molecule has 0 radical (unpaired) electrons. The Labute approximate surface area is 165 Å². The summed E-state index contributed by atoms with van der Waals surface area (Å²) in [5, 5.41) is 3.99. The highest BCUT2D eigenvalue weighted by Crippen LogP contribution is 2.14. The summed E-state index contributed by atoms with van der Waals surface area (Å²) in [7, 11) is 0. The van der Waals surface area contributed by atoms with Gasteiger partial charge in [0, 0.05) is 23.7 Å². The maximum absolute atomic E-state index is 12.5. The number of nitrogens with one attached hydrogen (secondary N) is 1. The standard InChI is InChI=1S/C25H22N2O/c28-25(23-13-14-24-22(17-23)10-5-15-26-24)27-18-21-9-4-8-20(16-21)12-11-19-6-2-1-3-7-19/h1-10,13-17H,11-12,18H2,(H,27,28). The summed E-state index contributed by atoms with van der Waals surface area (Å²) in [6, 6.07) is 28.4. The molecule has 138 valence electrons. The largest absolute Gasteiger partial charge is 0.348 e. The quantitative estimate of drug-likeness (QED) is 0.525. The molecule has 0 aliphatic rings. The highest BCUT2D eigenvalue weighted by molar-refractivity contribution is 5.97. The number of carbonyl (C=O) groups excluding carboxylic acids is 1. The fraction of sp³-hybridized carbons (Fsp3) is 0.120. The van der Waals surface area contributed by atoms with Crippen molar-refractivity contribution < 1.29 is 4.79 Å². The average Bonchev–Trinajstić information content (AvgIpc) is 2.77. The zero-order valence-electron chi connectivity index (χ0n) is 15.6. The summed E-state index contributed by atoms with van der Waals surface area (Å²) < 4.78 is 0. The Kier molecular flexibility index (Phi) is 5.43. The number of benzene rings is 3. The first-order valence-electron chi connectivity index (χ1n) is 9.53. The molecule has 1 N–H and O–H groups in total. The second kappa shape index (κ2) is 8.49. The van der Waals surface area contributed by atoms with Crippen molar-refractivity contribution in [2.45, 2.75) is 19.4 Å². The van der Waals surface area contributed by atoms with E-state index in [4.69, 9.17) is 0 Å². The van der Waals surface area contributed by atoms with E-state index in [9.17, 15) is 4.79 Å². The highest BCUT2D eigenvalue weighted by Gasteiger charge is 2.07. The van der Waals surface area contributed by atoms with Gasteiger partial charge in [-0.1, -0.05) is 60.7 Å². The minimum atomic E-state index is -0.0690. The number of carbonyl (C=O) groups is 1. The number of amides is 1. The first-order valence-corrected chi connectivity index (χ1v) is 9.53. The highest BCUT2D eigenvalue weighted by atomic mass is 16.1. The van der Waals surface area contributed by atoms with Crippen molar-refractivity contribution in [2.24, 2.45) is 0 Å². The summed E-state index contributed by atoms with van der Waals surface area (Å²) in [4.78, 5) is 16.8. The lowest BCUT2D eigenvalue weighted by molar-refractivity contribution is 0.0951. The molecule has 0 unspecified atom stereocenters. The lowest BCUT2D eigenvalue weighted by Gasteiger charge is -2.08. The van der Waals surface area contributed by atoms with Crippen LogP contribution in [0.2, 0.25) is 0 Å². The predicted octanol–water partition coefficient (Wildman–Crippen LogP) is 4.95. The molecule has 0 aliphatic heterocycles. The summed E-state index contributed by atoms with van der Waals surface area (Å²) >= 11 is 0. The zero-order valence-corrected chi connectivity index (χ0v) is 15.6. The molecule has 0 fully saturated rings. The number of hydrogen-bond acceptors (Lipinski definition) is 2. The van der Waals surface area contributed by atoms with E-state index in [1.165, 1.54) is 11.1 Å². The number of aryl methyl sites for hydroxylation is 2. The van der Waals surface area contributed by atoms with E-state index in [0.29, 0.717) is 12.1 Å². The van der Waals surface area contributed by atoms with Crippen LogP contribution in [0.5, 0.6) is 0 Å². The van der Waals surface area contributed by atoms with Gasteiger partial charge in [-0.05, 0) is 53.8 Å². The molecule has 3 heteroatoms. The van der Waals surface area contributed by atoms with E-state index in [-0.39, 0.29) is 5.91 Å². The van der Waals surface area contributed by atoms with Crippen LogP contribution in [0.25, 0.3) is 10.9 Å². The molecule has 4 rings (SSSR count). The third-order valence-electron chi connectivity index (χ3n) is 4.85. The van der Waals surface area contributed by atoms with E-state index in [1.54, 1.807) is 6.20 Å². The summed E-state index contributed by atoms with van der Waals surface area (Å²) in [5.41, 5.74) is 5.28. The van der Waals surface area contributed by atoms with Crippen molar-refractivity contribution >= 4 is 16.8 Å². The molecule has 4 aromatic rings. The lowest BCUT2D eigenvalue weighted by atomic mass is 10.0. The SMILES string of the molecule is O=C(NCc1cccc(CCc2ccccc2)c1)c1ccc2ncccc2c1. The fourth-order valence-electron chi connectivity index (χ4n) is 3.33. The van der Waals surface area contributed by atoms with Crippen LogP contribution in [0.1, 0.15) is 27.0 Å². The Morgan fingerprint density at radius 3 is 2.43 bits per heavy atom. The van der Waals surface area contributed by atoms with Gasteiger partial charge in [0.05, 0.1) is 5.52 Å². The Morgan fingerprint density at radius 1 is 0.750 bits per heavy atom. The molecule has 0 aliphatic carbocycles. The third-order valence-corrected chi connectivity index (χ3v) is 4.85. The van der Waals surface area contributed by atoms with Crippen molar-refractivity contribution in [1.82, 2.24) is 10.3 Å². The van der Waals surface area contributed by atoms with Crippen molar-refractivity contribution in [1.29, 1.82) is 0 Å². The minimum absolute atomic E-state index is 0.0690. The summed E-state index contributed by atoms with van der Waals surface area (Å²) in [6.45, 7) is 0.517. The van der Waals surface area contributed by atoms with Gasteiger partial charge in [0.1, 0.15) is 0 Å². The van der Waals surface area contributed by atoms with Gasteiger partial charge in [-0.2, -0.15) is 0 Å². The number of rotatable bonds is 6. The number of fused-ring (bicyclic) bond motifs is 1. The maximum Gasteiger partial charge on any atom is 0.251 e. The van der Waals surface area contributed by atoms with Gasteiger partial charge in [-0.3, -0.25) is 9.78 Å². The Hall–Kier alpha value is -3.46. The number of nitrogens with zero attached hydrogens (tertiary/aromatic N) is 1. The topological polar surface area (TPSA) is 42.0 Å². The molecule has 0 saturated heterocycles. The third kappa shape index (κ3) is 4.44. The van der Waals surface area contributed by atoms with Crippen LogP contribution in [0, 0.1) is 0 Å². The molecule has 0 atom stereocenters. The number of pyridine rings is 1. The lowest BCUT2D eigenvalue weighted by Crippen LogP contribution is -2.22. The van der Waals surface area contributed by atoms with Gasteiger partial charge < -0.3 is 5.32 Å². The zero-order chi connectivity index (χ0) is 19.2. The van der Waals surface area contributed by atoms with E-state index >= 15 is 0 Å². The van der Waals surface area contributed by atoms with Crippen molar-refractivity contribution in [3.8, 4) is 0 Å². The van der Waals surface area contributed by atoms with Gasteiger partial charge in [-0.15, -0.1) is 0 Å². The number of aromatic nitrogens is 1. The van der Waals surface area contributed by atoms with Gasteiger partial charge in [0.15, 0.2) is 0 Å². The maximum atomic E-state index is 12.5. The molecule has 1 heterocycles. The first-order chi connectivity index (χ1) is 13.8. The molecule has 28 heavy (non-hydrogen) atoms. The molecule has 0 saturated carbocycles. The molecular weight excluding hydrogens is 344 g/mol. The van der Waals surface area contributed by atoms with E-state index in [1.807, 2.05) is 36.4 Å². The smallest absolute Gasteiger partial charge is 0.251 e. The molecular formula is C25H22N2O. The fourth-order valence-corrected chi connectivity index (χ4v) is 3.33. The van der Waals surface area contributed by atoms with Crippen LogP contribution in [0.3, 0.4) is 0 Å². The van der Waals surface area contributed by atoms with Crippen molar-refractivity contribution in [2.75, 3.05) is 0 Å². The van der Waals surface area contributed by atoms with Gasteiger partial charge in [0.25, 0.3) is 5.91 Å². The Morgan fingerprint density at radius 2 is 1.54 bits per heavy atom. The van der Waals surface area contributed by atoms with Crippen LogP contribution in [0.15, 0.2) is 91.1 Å². The minimum Gasteiger partial charge on any atom is -0.348 e. The van der Waals surface area contributed by atoms with Gasteiger partial charge in [0.2, 0.25) is 0 Å². The van der Waals surface area contributed by atoms with E-state index < -0.39 is 0 Å². The number of hydrogen-bond donors (Lipinski definition) is 1. The monoisotopic (exact) mass is 366 g/mol. The second-order valence-electron chi connectivity index (χ2n) is 6.90. The van der Waals surface area contributed by atoms with Crippen LogP contribution < -0.4 is 5.32 Å². The predicted molar refractivity (Wildman–Crippen MR) is 113 cm³/mol. The summed E-state index contributed by atoms with van der Waals surface area (Å²) in [5.74, 6) is -0.0690. The van der Waals surface area contributed by atoms with Crippen molar-refractivity contribution in [3.63, 3.8) is 0 Å². The van der Waals surface area contributed by atoms with Gasteiger partial charge >= 0.3 is 0 Å². The Balaban J connectivity index is 1.38. The van der Waals surface area contributed by atoms with Crippen molar-refractivity contribution in [3.05, 3.63) is 113 Å². The average molecular weight is 366 g/mol. The molecule has 3 aromatic carbocycles.